The monoisotopic (exact) mass is 491 g/mol. The number of nitrogens with zero attached hydrogens (tertiary/aromatic N) is 1. The molecule has 8 nitrogen and oxygen atoms in total. The fourth-order valence-electron chi connectivity index (χ4n) is 4.02. The summed E-state index contributed by atoms with van der Waals surface area (Å²) in [5.41, 5.74) is 3.52. The molecule has 188 valence electrons. The van der Waals surface area contributed by atoms with Gasteiger partial charge in [0.1, 0.15) is 0 Å². The molecule has 8 heteroatoms. The quantitative estimate of drug-likeness (QED) is 0.395. The number of carboxylic acid groups (broad SMARTS) is 1. The highest BCUT2D eigenvalue weighted by molar-refractivity contribution is 5.90. The number of hydrogen-bond acceptors (Lipinski definition) is 7. The Morgan fingerprint density at radius 1 is 0.750 bits per heavy atom. The minimum absolute atomic E-state index is 0.175. The van der Waals surface area contributed by atoms with E-state index in [0.717, 1.165) is 16.7 Å². The molecule has 0 aliphatic carbocycles. The molecule has 0 aliphatic rings. The number of aromatic carboxylic acids is 1. The number of esters is 2. The zero-order valence-corrected chi connectivity index (χ0v) is 20.5. The predicted molar refractivity (Wildman–Crippen MR) is 133 cm³/mol. The van der Waals surface area contributed by atoms with Crippen molar-refractivity contribution in [2.24, 2.45) is 0 Å². The molecule has 0 fully saturated rings. The highest BCUT2D eigenvalue weighted by Gasteiger charge is 2.23. The minimum atomic E-state index is -1.02. The first-order valence-corrected chi connectivity index (χ1v) is 11.3. The Balaban J connectivity index is 2.04. The van der Waals surface area contributed by atoms with Crippen molar-refractivity contribution in [2.45, 2.75) is 19.1 Å². The number of carbonyl (C=O) groups excluding carboxylic acids is 2. The van der Waals surface area contributed by atoms with E-state index in [1.54, 1.807) is 61.7 Å². The maximum Gasteiger partial charge on any atom is 0.337 e. The number of methoxy groups -OCH3 is 3. The zero-order chi connectivity index (χ0) is 26.1. The highest BCUT2D eigenvalue weighted by atomic mass is 16.5. The normalized spacial score (nSPS) is 11.7. The van der Waals surface area contributed by atoms with Crippen LogP contribution in [0.25, 0.3) is 0 Å². The molecule has 0 radical (unpaired) electrons. The highest BCUT2D eigenvalue weighted by Crippen LogP contribution is 2.27. The second kappa shape index (κ2) is 12.6. The largest absolute Gasteiger partial charge is 0.478 e. The number of hydrogen-bond donors (Lipinski definition) is 1. The van der Waals surface area contributed by atoms with Crippen molar-refractivity contribution < 1.29 is 33.7 Å². The Kier molecular flexibility index (Phi) is 9.32. The van der Waals surface area contributed by atoms with Gasteiger partial charge in [-0.1, -0.05) is 36.4 Å². The van der Waals surface area contributed by atoms with Crippen molar-refractivity contribution in [1.29, 1.82) is 0 Å². The molecule has 0 heterocycles. The van der Waals surface area contributed by atoms with E-state index in [0.29, 0.717) is 24.2 Å². The molecule has 1 atom stereocenters. The Labute approximate surface area is 210 Å². The van der Waals surface area contributed by atoms with Crippen LogP contribution in [0.15, 0.2) is 72.8 Å². The van der Waals surface area contributed by atoms with E-state index in [2.05, 4.69) is 4.90 Å². The van der Waals surface area contributed by atoms with E-state index in [9.17, 15) is 19.5 Å². The molecule has 0 amide bonds. The van der Waals surface area contributed by atoms with Crippen LogP contribution in [0.3, 0.4) is 0 Å². The van der Waals surface area contributed by atoms with Crippen molar-refractivity contribution in [2.75, 3.05) is 27.9 Å². The van der Waals surface area contributed by atoms with Crippen LogP contribution in [-0.4, -0.2) is 55.9 Å². The molecular formula is C28H29NO7. The van der Waals surface area contributed by atoms with Gasteiger partial charge >= 0.3 is 17.9 Å². The summed E-state index contributed by atoms with van der Waals surface area (Å²) in [4.78, 5) is 37.9. The van der Waals surface area contributed by atoms with E-state index < -0.39 is 17.9 Å². The average molecular weight is 492 g/mol. The molecule has 1 N–H and O–H groups in total. The van der Waals surface area contributed by atoms with Crippen LogP contribution in [0.2, 0.25) is 0 Å². The first-order valence-electron chi connectivity index (χ1n) is 11.3. The fourth-order valence-corrected chi connectivity index (χ4v) is 4.02. The number of rotatable bonds is 11. The van der Waals surface area contributed by atoms with Gasteiger partial charge in [-0.2, -0.15) is 0 Å². The molecule has 0 spiro atoms. The van der Waals surface area contributed by atoms with Crippen molar-refractivity contribution in [3.05, 3.63) is 106 Å². The van der Waals surface area contributed by atoms with E-state index in [4.69, 9.17) is 14.2 Å². The van der Waals surface area contributed by atoms with Crippen LogP contribution in [0.1, 0.15) is 53.8 Å². The SMILES string of the molecule is COC[C@H](c1cccc(C(=O)O)c1)N(Cc1cccc(C(=O)OC)c1)Cc1cccc(C(=O)OC)c1. The van der Waals surface area contributed by atoms with Gasteiger partial charge in [-0.25, -0.2) is 14.4 Å². The van der Waals surface area contributed by atoms with Gasteiger partial charge in [-0.15, -0.1) is 0 Å². The average Bonchev–Trinajstić information content (AvgIpc) is 2.90. The van der Waals surface area contributed by atoms with Crippen LogP contribution in [0.5, 0.6) is 0 Å². The van der Waals surface area contributed by atoms with Crippen LogP contribution < -0.4 is 0 Å². The Morgan fingerprint density at radius 2 is 1.25 bits per heavy atom. The lowest BCUT2D eigenvalue weighted by molar-refractivity contribution is 0.0592. The molecule has 0 unspecified atom stereocenters. The summed E-state index contributed by atoms with van der Waals surface area (Å²) in [6.07, 6.45) is 0. The van der Waals surface area contributed by atoms with Crippen molar-refractivity contribution in [3.8, 4) is 0 Å². The van der Waals surface area contributed by atoms with Gasteiger partial charge in [-0.3, -0.25) is 4.90 Å². The Morgan fingerprint density at radius 3 is 1.72 bits per heavy atom. The number of carboxylic acids is 1. The third kappa shape index (κ3) is 6.78. The van der Waals surface area contributed by atoms with Gasteiger partial charge in [0.05, 0.1) is 43.6 Å². The Hall–Kier alpha value is -4.01. The number of benzene rings is 3. The summed E-state index contributed by atoms with van der Waals surface area (Å²) in [6, 6.07) is 20.7. The maximum atomic E-state index is 12.1. The first-order chi connectivity index (χ1) is 17.4. The fraction of sp³-hybridized carbons (Fsp3) is 0.250. The zero-order valence-electron chi connectivity index (χ0n) is 20.5. The van der Waals surface area contributed by atoms with Gasteiger partial charge in [0, 0.05) is 20.2 Å². The summed E-state index contributed by atoms with van der Waals surface area (Å²) in [5.74, 6) is -1.88. The smallest absolute Gasteiger partial charge is 0.337 e. The molecule has 0 aromatic heterocycles. The third-order valence-corrected chi connectivity index (χ3v) is 5.75. The van der Waals surface area contributed by atoms with Crippen LogP contribution in [0.4, 0.5) is 0 Å². The van der Waals surface area contributed by atoms with Gasteiger partial charge in [0.15, 0.2) is 0 Å². The summed E-state index contributed by atoms with van der Waals surface area (Å²) in [5, 5.41) is 9.51. The standard InChI is InChI=1S/C28H29NO7/c1-34-18-25(21-9-6-10-22(15-21)26(30)31)29(16-19-7-4-11-23(13-19)27(32)35-2)17-20-8-5-12-24(14-20)28(33)36-3/h4-15,25H,16-18H2,1-3H3,(H,30,31)/t25-/m1/s1. The second-order valence-electron chi connectivity index (χ2n) is 8.19. The topological polar surface area (TPSA) is 102 Å². The maximum absolute atomic E-state index is 12.1. The molecule has 0 saturated heterocycles. The lowest BCUT2D eigenvalue weighted by Crippen LogP contribution is -2.31. The predicted octanol–water partition coefficient (Wildman–Crippen LogP) is 4.35. The van der Waals surface area contributed by atoms with Crippen LogP contribution in [0, 0.1) is 0 Å². The third-order valence-electron chi connectivity index (χ3n) is 5.75. The lowest BCUT2D eigenvalue weighted by Gasteiger charge is -2.32. The first kappa shape index (κ1) is 26.6. The molecule has 0 bridgehead atoms. The van der Waals surface area contributed by atoms with Crippen molar-refractivity contribution in [3.63, 3.8) is 0 Å². The van der Waals surface area contributed by atoms with Gasteiger partial charge < -0.3 is 19.3 Å². The van der Waals surface area contributed by atoms with E-state index in [-0.39, 0.29) is 18.2 Å². The van der Waals surface area contributed by atoms with Gasteiger partial charge in [0.2, 0.25) is 0 Å². The van der Waals surface area contributed by atoms with E-state index >= 15 is 0 Å². The number of carbonyl (C=O) groups is 3. The van der Waals surface area contributed by atoms with Gasteiger partial charge in [-0.05, 0) is 53.1 Å². The van der Waals surface area contributed by atoms with Crippen molar-refractivity contribution >= 4 is 17.9 Å². The summed E-state index contributed by atoms with van der Waals surface area (Å²) in [6.45, 7) is 1.12. The molecular weight excluding hydrogens is 462 g/mol. The molecule has 3 aromatic carbocycles. The second-order valence-corrected chi connectivity index (χ2v) is 8.19. The Bertz CT molecular complexity index is 1160. The van der Waals surface area contributed by atoms with Crippen molar-refractivity contribution in [1.82, 2.24) is 4.90 Å². The van der Waals surface area contributed by atoms with E-state index in [1.807, 2.05) is 18.2 Å². The minimum Gasteiger partial charge on any atom is -0.478 e. The summed E-state index contributed by atoms with van der Waals surface area (Å²) >= 11 is 0. The number of ether oxygens (including phenoxy) is 3. The molecule has 0 saturated carbocycles. The molecule has 3 rings (SSSR count). The lowest BCUT2D eigenvalue weighted by atomic mass is 10.0. The summed E-state index contributed by atoms with van der Waals surface area (Å²) in [7, 11) is 4.25. The molecule has 36 heavy (non-hydrogen) atoms. The van der Waals surface area contributed by atoms with Crippen LogP contribution >= 0.6 is 0 Å². The van der Waals surface area contributed by atoms with Crippen LogP contribution in [-0.2, 0) is 27.3 Å². The molecule has 0 aliphatic heterocycles. The molecule has 3 aromatic rings. The summed E-state index contributed by atoms with van der Waals surface area (Å²) < 4.78 is 15.3. The van der Waals surface area contributed by atoms with Gasteiger partial charge in [0.25, 0.3) is 0 Å². The van der Waals surface area contributed by atoms with E-state index in [1.165, 1.54) is 14.2 Å².